The molecule has 0 saturated carbocycles. The van der Waals surface area contributed by atoms with E-state index in [4.69, 9.17) is 9.47 Å². The van der Waals surface area contributed by atoms with Gasteiger partial charge in [0.05, 0.1) is 10.5 Å². The molecule has 8 heteroatoms. The standard InChI is InChI=1S/C17H22INO6/c1-16(2,3)24-14(20)13(15(21)25-17(4,5)6)11-8-7-10(18)9-12(11)19(22)23/h7-9,13H,1-6H3. The predicted molar refractivity (Wildman–Crippen MR) is 100 cm³/mol. The van der Waals surface area contributed by atoms with Gasteiger partial charge in [-0.15, -0.1) is 0 Å². The van der Waals surface area contributed by atoms with Crippen LogP contribution in [0.1, 0.15) is 53.0 Å². The number of carbonyl (C=O) groups is 2. The third-order valence-corrected chi connectivity index (χ3v) is 3.46. The van der Waals surface area contributed by atoms with Gasteiger partial charge in [0.15, 0.2) is 5.92 Å². The molecule has 0 aliphatic heterocycles. The Morgan fingerprint density at radius 1 is 1.04 bits per heavy atom. The zero-order valence-corrected chi connectivity index (χ0v) is 17.2. The normalized spacial score (nSPS) is 12.0. The summed E-state index contributed by atoms with van der Waals surface area (Å²) in [4.78, 5) is 36.0. The van der Waals surface area contributed by atoms with E-state index in [1.807, 2.05) is 22.6 Å². The highest BCUT2D eigenvalue weighted by atomic mass is 127. The van der Waals surface area contributed by atoms with Crippen LogP contribution in [0.2, 0.25) is 0 Å². The van der Waals surface area contributed by atoms with Crippen molar-refractivity contribution in [3.63, 3.8) is 0 Å². The number of esters is 2. The minimum atomic E-state index is -1.53. The molecule has 0 aromatic heterocycles. The average Bonchev–Trinajstić information content (AvgIpc) is 2.36. The van der Waals surface area contributed by atoms with Gasteiger partial charge >= 0.3 is 11.9 Å². The smallest absolute Gasteiger partial charge is 0.325 e. The highest BCUT2D eigenvalue weighted by Gasteiger charge is 2.40. The summed E-state index contributed by atoms with van der Waals surface area (Å²) in [7, 11) is 0. The fourth-order valence-corrected chi connectivity index (χ4v) is 2.47. The lowest BCUT2D eigenvalue weighted by Crippen LogP contribution is -2.35. The second kappa shape index (κ2) is 7.67. The Hall–Kier alpha value is -1.71. The second-order valence-electron chi connectivity index (χ2n) is 7.46. The number of nitro groups is 1. The van der Waals surface area contributed by atoms with Gasteiger partial charge in [0, 0.05) is 9.64 Å². The molecular weight excluding hydrogens is 441 g/mol. The van der Waals surface area contributed by atoms with Crippen LogP contribution in [0.4, 0.5) is 5.69 Å². The van der Waals surface area contributed by atoms with Gasteiger partial charge in [-0.05, 0) is 76.3 Å². The quantitative estimate of drug-likeness (QED) is 0.221. The number of benzene rings is 1. The molecule has 1 aromatic rings. The molecule has 0 aliphatic rings. The lowest BCUT2D eigenvalue weighted by molar-refractivity contribution is -0.385. The van der Waals surface area contributed by atoms with Crippen LogP contribution >= 0.6 is 22.6 Å². The van der Waals surface area contributed by atoms with Crippen LogP contribution in [0, 0.1) is 13.7 Å². The highest BCUT2D eigenvalue weighted by molar-refractivity contribution is 14.1. The molecule has 0 heterocycles. The van der Waals surface area contributed by atoms with E-state index < -0.39 is 34.0 Å². The van der Waals surface area contributed by atoms with Gasteiger partial charge in [-0.1, -0.05) is 0 Å². The average molecular weight is 463 g/mol. The number of rotatable bonds is 4. The molecule has 7 nitrogen and oxygen atoms in total. The largest absolute Gasteiger partial charge is 0.459 e. The monoisotopic (exact) mass is 463 g/mol. The number of hydrogen-bond acceptors (Lipinski definition) is 6. The van der Waals surface area contributed by atoms with E-state index in [9.17, 15) is 19.7 Å². The third kappa shape index (κ3) is 6.60. The molecule has 138 valence electrons. The lowest BCUT2D eigenvalue weighted by Gasteiger charge is -2.26. The Morgan fingerprint density at radius 3 is 1.84 bits per heavy atom. The minimum Gasteiger partial charge on any atom is -0.459 e. The van der Waals surface area contributed by atoms with Crippen molar-refractivity contribution in [1.82, 2.24) is 0 Å². The summed E-state index contributed by atoms with van der Waals surface area (Å²) >= 11 is 1.92. The van der Waals surface area contributed by atoms with Crippen molar-refractivity contribution >= 4 is 40.2 Å². The maximum absolute atomic E-state index is 12.6. The lowest BCUT2D eigenvalue weighted by atomic mass is 9.96. The minimum absolute atomic E-state index is 0.0473. The van der Waals surface area contributed by atoms with E-state index in [-0.39, 0.29) is 11.3 Å². The molecule has 0 saturated heterocycles. The molecule has 0 unspecified atom stereocenters. The summed E-state index contributed by atoms with van der Waals surface area (Å²) in [6.07, 6.45) is 0. The first-order valence-electron chi connectivity index (χ1n) is 7.61. The van der Waals surface area contributed by atoms with Crippen LogP contribution in [0.3, 0.4) is 0 Å². The van der Waals surface area contributed by atoms with Gasteiger partial charge in [0.1, 0.15) is 11.2 Å². The highest BCUT2D eigenvalue weighted by Crippen LogP contribution is 2.32. The number of nitro benzene ring substituents is 1. The first kappa shape index (κ1) is 21.3. The molecule has 0 N–H and O–H groups in total. The first-order valence-corrected chi connectivity index (χ1v) is 8.69. The van der Waals surface area contributed by atoms with Gasteiger partial charge in [-0.2, -0.15) is 0 Å². The summed E-state index contributed by atoms with van der Waals surface area (Å²) in [5.74, 6) is -3.30. The number of ether oxygens (including phenoxy) is 2. The number of hydrogen-bond donors (Lipinski definition) is 0. The molecule has 0 spiro atoms. The molecule has 0 atom stereocenters. The van der Waals surface area contributed by atoms with Gasteiger partial charge in [-0.25, -0.2) is 0 Å². The van der Waals surface area contributed by atoms with Gasteiger partial charge in [-0.3, -0.25) is 19.7 Å². The fraction of sp³-hybridized carbons (Fsp3) is 0.529. The molecule has 1 rings (SSSR count). The summed E-state index contributed by atoms with van der Waals surface area (Å²) < 4.78 is 11.2. The summed E-state index contributed by atoms with van der Waals surface area (Å²) in [6.45, 7) is 9.91. The zero-order valence-electron chi connectivity index (χ0n) is 15.1. The molecule has 0 amide bonds. The van der Waals surface area contributed by atoms with Crippen LogP contribution in [0.25, 0.3) is 0 Å². The molecule has 0 bridgehead atoms. The zero-order chi connectivity index (χ0) is 19.6. The first-order chi connectivity index (χ1) is 11.2. The molecule has 1 aromatic carbocycles. The van der Waals surface area contributed by atoms with E-state index in [0.717, 1.165) is 0 Å². The van der Waals surface area contributed by atoms with Crippen LogP contribution in [-0.4, -0.2) is 28.1 Å². The van der Waals surface area contributed by atoms with E-state index in [2.05, 4.69) is 0 Å². The van der Waals surface area contributed by atoms with E-state index >= 15 is 0 Å². The third-order valence-electron chi connectivity index (χ3n) is 2.79. The topological polar surface area (TPSA) is 95.7 Å². The van der Waals surface area contributed by atoms with Gasteiger partial charge in [0.2, 0.25) is 0 Å². The number of nitrogens with zero attached hydrogens (tertiary/aromatic N) is 1. The Balaban J connectivity index is 3.44. The van der Waals surface area contributed by atoms with E-state index in [1.165, 1.54) is 12.1 Å². The van der Waals surface area contributed by atoms with Crippen molar-refractivity contribution in [2.45, 2.75) is 58.7 Å². The van der Waals surface area contributed by atoms with Gasteiger partial charge in [0.25, 0.3) is 5.69 Å². The van der Waals surface area contributed by atoms with Crippen molar-refractivity contribution in [3.05, 3.63) is 37.4 Å². The van der Waals surface area contributed by atoms with E-state index in [0.29, 0.717) is 3.57 Å². The van der Waals surface area contributed by atoms with Crippen molar-refractivity contribution in [2.75, 3.05) is 0 Å². The van der Waals surface area contributed by atoms with Crippen molar-refractivity contribution in [2.24, 2.45) is 0 Å². The molecule has 0 radical (unpaired) electrons. The maximum Gasteiger partial charge on any atom is 0.325 e. The molecule has 25 heavy (non-hydrogen) atoms. The Labute approximate surface area is 160 Å². The maximum atomic E-state index is 12.6. The predicted octanol–water partition coefficient (Wildman–Crippen LogP) is 3.97. The van der Waals surface area contributed by atoms with Crippen molar-refractivity contribution in [1.29, 1.82) is 0 Å². The molecule has 0 fully saturated rings. The van der Waals surface area contributed by atoms with E-state index in [1.54, 1.807) is 47.6 Å². The summed E-state index contributed by atoms with van der Waals surface area (Å²) in [5.41, 5.74) is -2.08. The van der Waals surface area contributed by atoms with Crippen LogP contribution < -0.4 is 0 Å². The molecule has 0 aliphatic carbocycles. The molecular formula is C17H22INO6. The van der Waals surface area contributed by atoms with Crippen LogP contribution in [-0.2, 0) is 19.1 Å². The Morgan fingerprint density at radius 2 is 1.48 bits per heavy atom. The second-order valence-corrected chi connectivity index (χ2v) is 8.71. The van der Waals surface area contributed by atoms with Crippen LogP contribution in [0.15, 0.2) is 18.2 Å². The Bertz CT molecular complexity index is 659. The summed E-state index contributed by atoms with van der Waals surface area (Å²) in [6, 6.07) is 4.28. The fourth-order valence-electron chi connectivity index (χ4n) is 1.99. The van der Waals surface area contributed by atoms with Gasteiger partial charge < -0.3 is 9.47 Å². The Kier molecular flexibility index (Phi) is 6.55. The number of carbonyl (C=O) groups excluding carboxylic acids is 2. The van der Waals surface area contributed by atoms with Crippen LogP contribution in [0.5, 0.6) is 0 Å². The SMILES string of the molecule is CC(C)(C)OC(=O)C(C(=O)OC(C)(C)C)c1ccc(I)cc1[N+](=O)[O-]. The summed E-state index contributed by atoms with van der Waals surface area (Å²) in [5, 5.41) is 11.4. The van der Waals surface area contributed by atoms with Crippen molar-refractivity contribution in [3.8, 4) is 0 Å². The van der Waals surface area contributed by atoms with Crippen molar-refractivity contribution < 1.29 is 24.0 Å². The number of halogens is 1.